The Morgan fingerprint density at radius 3 is 3.09 bits per heavy atom. The summed E-state index contributed by atoms with van der Waals surface area (Å²) in [5.74, 6) is 0.267. The van der Waals surface area contributed by atoms with Gasteiger partial charge >= 0.3 is 0 Å². The largest absolute Gasteiger partial charge is 0.508 e. The number of phenols is 1. The molecule has 0 aliphatic carbocycles. The molecule has 1 fully saturated rings. The lowest BCUT2D eigenvalue weighted by Gasteiger charge is -2.33. The minimum atomic E-state index is -0.273. The molecule has 0 spiro atoms. The van der Waals surface area contributed by atoms with Gasteiger partial charge in [-0.1, -0.05) is 6.42 Å². The van der Waals surface area contributed by atoms with Crippen molar-refractivity contribution in [2.75, 3.05) is 19.7 Å². The van der Waals surface area contributed by atoms with E-state index < -0.39 is 0 Å². The molecular weight excluding hydrogens is 296 g/mol. The number of hydrogen-bond donors (Lipinski definition) is 2. The number of aromatic nitrogens is 2. The predicted molar refractivity (Wildman–Crippen MR) is 85.1 cm³/mol. The summed E-state index contributed by atoms with van der Waals surface area (Å²) in [6.45, 7) is 1.88. The van der Waals surface area contributed by atoms with E-state index in [9.17, 15) is 9.90 Å². The van der Waals surface area contributed by atoms with Crippen LogP contribution in [0, 0.1) is 0 Å². The van der Waals surface area contributed by atoms with Gasteiger partial charge in [0.15, 0.2) is 0 Å². The zero-order chi connectivity index (χ0) is 16.2. The molecule has 1 amide bonds. The van der Waals surface area contributed by atoms with E-state index in [2.05, 4.69) is 14.9 Å². The van der Waals surface area contributed by atoms with Crippen LogP contribution in [0.25, 0.3) is 11.0 Å². The number of ether oxygens (including phenoxy) is 1. The average molecular weight is 316 g/mol. The Labute approximate surface area is 134 Å². The molecule has 23 heavy (non-hydrogen) atoms. The second-order valence-electron chi connectivity index (χ2n) is 5.68. The number of amides is 1. The Morgan fingerprint density at radius 1 is 1.39 bits per heavy atom. The van der Waals surface area contributed by atoms with Gasteiger partial charge in [-0.05, 0) is 31.5 Å². The predicted octanol–water partition coefficient (Wildman–Crippen LogP) is 1.05. The summed E-state index contributed by atoms with van der Waals surface area (Å²) in [5.41, 5.74) is 6.72. The molecule has 1 aromatic carbocycles. The summed E-state index contributed by atoms with van der Waals surface area (Å²) in [7, 11) is 0. The maximum absolute atomic E-state index is 11.5. The van der Waals surface area contributed by atoms with Crippen molar-refractivity contribution in [3.05, 3.63) is 24.4 Å². The third-order valence-corrected chi connectivity index (χ3v) is 4.07. The lowest BCUT2D eigenvalue weighted by molar-refractivity contribution is -0.124. The highest BCUT2D eigenvalue weighted by atomic mass is 16.5. The Morgan fingerprint density at radius 2 is 2.26 bits per heavy atom. The third-order valence-electron chi connectivity index (χ3n) is 4.07. The molecule has 122 valence electrons. The fraction of sp³-hybridized carbons (Fsp3) is 0.438. The minimum absolute atomic E-state index is 0.140. The fourth-order valence-electron chi connectivity index (χ4n) is 2.90. The van der Waals surface area contributed by atoms with Crippen LogP contribution in [-0.4, -0.2) is 51.6 Å². The van der Waals surface area contributed by atoms with Crippen LogP contribution >= 0.6 is 0 Å². The van der Waals surface area contributed by atoms with Crippen LogP contribution < -0.4 is 10.5 Å². The summed E-state index contributed by atoms with van der Waals surface area (Å²) < 4.78 is 5.64. The van der Waals surface area contributed by atoms with Crippen LogP contribution in [0.15, 0.2) is 24.4 Å². The van der Waals surface area contributed by atoms with Gasteiger partial charge in [0, 0.05) is 12.6 Å². The van der Waals surface area contributed by atoms with E-state index in [4.69, 9.17) is 10.5 Å². The summed E-state index contributed by atoms with van der Waals surface area (Å²) in [6, 6.07) is 4.61. The first kappa shape index (κ1) is 15.5. The molecule has 1 aromatic heterocycles. The zero-order valence-electron chi connectivity index (χ0n) is 12.8. The van der Waals surface area contributed by atoms with Crippen molar-refractivity contribution in [1.82, 2.24) is 14.9 Å². The van der Waals surface area contributed by atoms with Crippen LogP contribution in [-0.2, 0) is 4.79 Å². The number of benzene rings is 1. The van der Waals surface area contributed by atoms with E-state index in [1.54, 1.807) is 24.4 Å². The number of piperidine rings is 1. The van der Waals surface area contributed by atoms with Gasteiger partial charge in [0.2, 0.25) is 11.8 Å². The van der Waals surface area contributed by atoms with Gasteiger partial charge in [-0.3, -0.25) is 9.69 Å². The van der Waals surface area contributed by atoms with Crippen LogP contribution in [0.2, 0.25) is 0 Å². The SMILES string of the molecule is NC(=O)C1CCCCN1CCOc1cnc2ccc(O)cc2n1. The number of phenolic OH excluding ortho intramolecular Hbond substituents is 1. The number of carbonyl (C=O) groups excluding carboxylic acids is 1. The molecule has 0 radical (unpaired) electrons. The maximum atomic E-state index is 11.5. The van der Waals surface area contributed by atoms with Gasteiger partial charge in [0.25, 0.3) is 0 Å². The summed E-state index contributed by atoms with van der Waals surface area (Å²) in [5, 5.41) is 9.49. The number of aromatic hydroxyl groups is 1. The molecule has 7 heteroatoms. The number of nitrogens with two attached hydrogens (primary N) is 1. The van der Waals surface area contributed by atoms with Crippen molar-refractivity contribution in [2.24, 2.45) is 5.73 Å². The molecule has 1 aliphatic heterocycles. The van der Waals surface area contributed by atoms with Gasteiger partial charge < -0.3 is 15.6 Å². The monoisotopic (exact) mass is 316 g/mol. The Kier molecular flexibility index (Phi) is 4.57. The van der Waals surface area contributed by atoms with Crippen LogP contribution in [0.5, 0.6) is 11.6 Å². The molecule has 1 atom stereocenters. The lowest BCUT2D eigenvalue weighted by atomic mass is 10.0. The number of rotatable bonds is 5. The molecule has 1 aliphatic rings. The smallest absolute Gasteiger partial charge is 0.234 e. The van der Waals surface area contributed by atoms with Crippen molar-refractivity contribution in [2.45, 2.75) is 25.3 Å². The summed E-state index contributed by atoms with van der Waals surface area (Å²) >= 11 is 0. The molecule has 0 saturated carbocycles. The Bertz CT molecular complexity index is 707. The second kappa shape index (κ2) is 6.78. The van der Waals surface area contributed by atoms with Gasteiger partial charge in [-0.2, -0.15) is 0 Å². The number of nitrogens with zero attached hydrogens (tertiary/aromatic N) is 3. The lowest BCUT2D eigenvalue weighted by Crippen LogP contribution is -2.48. The maximum Gasteiger partial charge on any atom is 0.234 e. The highest BCUT2D eigenvalue weighted by Gasteiger charge is 2.26. The van der Waals surface area contributed by atoms with Crippen molar-refractivity contribution < 1.29 is 14.6 Å². The standard InChI is InChI=1S/C16H20N4O3/c17-16(22)14-3-1-2-6-20(14)7-8-23-15-10-18-12-5-4-11(21)9-13(12)19-15/h4-5,9-10,14,21H,1-3,6-8H2,(H2,17,22). The zero-order valence-corrected chi connectivity index (χ0v) is 12.8. The van der Waals surface area contributed by atoms with E-state index in [0.717, 1.165) is 25.8 Å². The molecule has 2 aromatic rings. The van der Waals surface area contributed by atoms with Gasteiger partial charge in [0.1, 0.15) is 12.4 Å². The molecule has 0 bridgehead atoms. The van der Waals surface area contributed by atoms with Crippen molar-refractivity contribution in [3.8, 4) is 11.6 Å². The number of fused-ring (bicyclic) bond motifs is 1. The first-order valence-electron chi connectivity index (χ1n) is 7.75. The molecule has 1 saturated heterocycles. The van der Waals surface area contributed by atoms with E-state index in [1.165, 1.54) is 0 Å². The van der Waals surface area contributed by atoms with Crippen molar-refractivity contribution in [1.29, 1.82) is 0 Å². The quantitative estimate of drug-likeness (QED) is 0.855. The Balaban J connectivity index is 1.60. The van der Waals surface area contributed by atoms with E-state index >= 15 is 0 Å². The highest BCUT2D eigenvalue weighted by Crippen LogP contribution is 2.19. The second-order valence-corrected chi connectivity index (χ2v) is 5.68. The molecular formula is C16H20N4O3. The third kappa shape index (κ3) is 3.68. The van der Waals surface area contributed by atoms with Crippen LogP contribution in [0.1, 0.15) is 19.3 Å². The average Bonchev–Trinajstić information content (AvgIpc) is 2.54. The normalized spacial score (nSPS) is 18.9. The minimum Gasteiger partial charge on any atom is -0.508 e. The van der Waals surface area contributed by atoms with E-state index in [1.807, 2.05) is 0 Å². The summed E-state index contributed by atoms with van der Waals surface area (Å²) in [4.78, 5) is 22.1. The van der Waals surface area contributed by atoms with Crippen LogP contribution in [0.4, 0.5) is 0 Å². The van der Waals surface area contributed by atoms with E-state index in [-0.39, 0.29) is 17.7 Å². The number of hydrogen-bond acceptors (Lipinski definition) is 6. The first-order chi connectivity index (χ1) is 11.1. The van der Waals surface area contributed by atoms with Crippen molar-refractivity contribution in [3.63, 3.8) is 0 Å². The topological polar surface area (TPSA) is 102 Å². The molecule has 7 nitrogen and oxygen atoms in total. The molecule has 3 rings (SSSR count). The number of likely N-dealkylation sites (tertiary alicyclic amines) is 1. The van der Waals surface area contributed by atoms with Crippen molar-refractivity contribution >= 4 is 16.9 Å². The van der Waals surface area contributed by atoms with E-state index in [0.29, 0.717) is 30.1 Å². The van der Waals surface area contributed by atoms with Gasteiger partial charge in [0.05, 0.1) is 23.3 Å². The van der Waals surface area contributed by atoms with Gasteiger partial charge in [-0.25, -0.2) is 9.97 Å². The number of primary amides is 1. The first-order valence-corrected chi connectivity index (χ1v) is 7.75. The highest BCUT2D eigenvalue weighted by molar-refractivity contribution is 5.80. The van der Waals surface area contributed by atoms with Gasteiger partial charge in [-0.15, -0.1) is 0 Å². The molecule has 2 heterocycles. The summed E-state index contributed by atoms with van der Waals surface area (Å²) in [6.07, 6.45) is 4.47. The fourth-order valence-corrected chi connectivity index (χ4v) is 2.90. The Hall–Kier alpha value is -2.41. The van der Waals surface area contributed by atoms with Crippen LogP contribution in [0.3, 0.4) is 0 Å². The number of carbonyl (C=O) groups is 1. The molecule has 3 N–H and O–H groups in total. The molecule has 1 unspecified atom stereocenters.